The Balaban J connectivity index is 1.38. The van der Waals surface area contributed by atoms with Crippen LogP contribution in [0.25, 0.3) is 0 Å². The van der Waals surface area contributed by atoms with Crippen LogP contribution in [-0.2, 0) is 20.1 Å². The summed E-state index contributed by atoms with van der Waals surface area (Å²) in [5.74, 6) is 0. The molecule has 2 aromatic heterocycles. The predicted molar refractivity (Wildman–Crippen MR) is 96.6 cm³/mol. The Morgan fingerprint density at radius 2 is 1.92 bits per heavy atom. The second-order valence-corrected chi connectivity index (χ2v) is 7.77. The highest BCUT2D eigenvalue weighted by Gasteiger charge is 2.42. The van der Waals surface area contributed by atoms with Crippen LogP contribution < -0.4 is 5.56 Å². The van der Waals surface area contributed by atoms with E-state index in [0.717, 1.165) is 41.9 Å². The van der Waals surface area contributed by atoms with Gasteiger partial charge in [0, 0.05) is 68.2 Å². The van der Waals surface area contributed by atoms with E-state index in [1.165, 1.54) is 6.42 Å². The van der Waals surface area contributed by atoms with Crippen LogP contribution in [-0.4, -0.2) is 44.5 Å². The number of aryl methyl sites for hydroxylation is 1. The maximum absolute atomic E-state index is 11.8. The number of hydrogen-bond acceptors (Lipinski definition) is 4. The lowest BCUT2D eigenvalue weighted by atomic mass is 10.2. The predicted octanol–water partition coefficient (Wildman–Crippen LogP) is 2.00. The van der Waals surface area contributed by atoms with Crippen LogP contribution in [0.5, 0.6) is 0 Å². The SMILES string of the molecule is Cn1ccc(CN2CC3CC2CN3Cc2ccc(Br)cn2)cc1=O. The summed E-state index contributed by atoms with van der Waals surface area (Å²) in [4.78, 5) is 21.3. The van der Waals surface area contributed by atoms with Gasteiger partial charge in [0.1, 0.15) is 0 Å². The summed E-state index contributed by atoms with van der Waals surface area (Å²) in [7, 11) is 1.79. The number of fused-ring (bicyclic) bond motifs is 2. The van der Waals surface area contributed by atoms with Crippen molar-refractivity contribution >= 4 is 15.9 Å². The van der Waals surface area contributed by atoms with Gasteiger partial charge < -0.3 is 4.57 Å². The van der Waals surface area contributed by atoms with Crippen molar-refractivity contribution in [2.45, 2.75) is 31.6 Å². The lowest BCUT2D eigenvalue weighted by Crippen LogP contribution is -2.45. The molecule has 0 amide bonds. The van der Waals surface area contributed by atoms with E-state index in [-0.39, 0.29) is 5.56 Å². The van der Waals surface area contributed by atoms with E-state index in [1.807, 2.05) is 12.4 Å². The summed E-state index contributed by atoms with van der Waals surface area (Å²) in [6, 6.07) is 9.15. The van der Waals surface area contributed by atoms with Crippen molar-refractivity contribution in [2.24, 2.45) is 7.05 Å². The van der Waals surface area contributed by atoms with Crippen LogP contribution in [0.15, 0.2) is 45.9 Å². The number of likely N-dealkylation sites (tertiary alicyclic amines) is 2. The molecule has 6 heteroatoms. The Morgan fingerprint density at radius 3 is 2.54 bits per heavy atom. The van der Waals surface area contributed by atoms with E-state index in [2.05, 4.69) is 48.9 Å². The van der Waals surface area contributed by atoms with Gasteiger partial charge in [0.15, 0.2) is 0 Å². The Morgan fingerprint density at radius 1 is 1.17 bits per heavy atom. The van der Waals surface area contributed by atoms with Gasteiger partial charge in [-0.2, -0.15) is 0 Å². The molecular weight excluding hydrogens is 368 g/mol. The van der Waals surface area contributed by atoms with E-state index < -0.39 is 0 Å². The molecule has 4 heterocycles. The first-order chi connectivity index (χ1) is 11.6. The molecule has 4 rings (SSSR count). The molecule has 5 nitrogen and oxygen atoms in total. The lowest BCUT2D eigenvalue weighted by molar-refractivity contribution is 0.117. The van der Waals surface area contributed by atoms with Crippen LogP contribution in [0, 0.1) is 0 Å². The first-order valence-corrected chi connectivity index (χ1v) is 9.12. The van der Waals surface area contributed by atoms with Crippen molar-refractivity contribution in [1.29, 1.82) is 0 Å². The smallest absolute Gasteiger partial charge is 0.250 e. The van der Waals surface area contributed by atoms with E-state index >= 15 is 0 Å². The number of aromatic nitrogens is 2. The van der Waals surface area contributed by atoms with Gasteiger partial charge in [-0.25, -0.2) is 0 Å². The largest absolute Gasteiger partial charge is 0.319 e. The third kappa shape index (κ3) is 3.18. The molecule has 2 saturated heterocycles. The van der Waals surface area contributed by atoms with Crippen molar-refractivity contribution < 1.29 is 0 Å². The minimum absolute atomic E-state index is 0.0693. The van der Waals surface area contributed by atoms with E-state index in [0.29, 0.717) is 12.1 Å². The highest BCUT2D eigenvalue weighted by molar-refractivity contribution is 9.10. The number of hydrogen-bond donors (Lipinski definition) is 0. The number of halogens is 1. The fourth-order valence-corrected chi connectivity index (χ4v) is 4.08. The van der Waals surface area contributed by atoms with Crippen molar-refractivity contribution in [1.82, 2.24) is 19.4 Å². The fraction of sp³-hybridized carbons (Fsp3) is 0.444. The van der Waals surface area contributed by atoms with Crippen LogP contribution in [0.2, 0.25) is 0 Å². The number of rotatable bonds is 4. The molecule has 0 aromatic carbocycles. The number of piperazine rings is 1. The third-order valence-corrected chi connectivity index (χ3v) is 5.64. The molecule has 2 atom stereocenters. The van der Waals surface area contributed by atoms with Crippen LogP contribution in [0.3, 0.4) is 0 Å². The molecule has 2 unspecified atom stereocenters. The molecule has 0 aliphatic carbocycles. The Hall–Kier alpha value is -1.50. The average molecular weight is 389 g/mol. The third-order valence-electron chi connectivity index (χ3n) is 5.18. The molecule has 2 fully saturated rings. The normalized spacial score (nSPS) is 23.9. The zero-order valence-corrected chi connectivity index (χ0v) is 15.3. The highest BCUT2D eigenvalue weighted by Crippen LogP contribution is 2.32. The summed E-state index contributed by atoms with van der Waals surface area (Å²) in [5.41, 5.74) is 2.32. The first-order valence-electron chi connectivity index (χ1n) is 8.32. The Bertz CT molecular complexity index is 788. The molecule has 0 N–H and O–H groups in total. The summed E-state index contributed by atoms with van der Waals surface area (Å²) in [6.45, 7) is 3.97. The quantitative estimate of drug-likeness (QED) is 0.802. The molecule has 2 aliphatic heterocycles. The van der Waals surface area contributed by atoms with Crippen molar-refractivity contribution in [3.05, 3.63) is 62.7 Å². The van der Waals surface area contributed by atoms with Crippen LogP contribution >= 0.6 is 15.9 Å². The lowest BCUT2D eigenvalue weighted by Gasteiger charge is -2.34. The van der Waals surface area contributed by atoms with Gasteiger partial charge in [-0.1, -0.05) is 0 Å². The summed E-state index contributed by atoms with van der Waals surface area (Å²) >= 11 is 3.43. The molecule has 126 valence electrons. The Labute approximate surface area is 150 Å². The standard InChI is InChI=1S/C18H21BrN4O/c1-21-5-4-13(6-18(21)24)9-22-11-17-7-16(22)12-23(17)10-15-3-2-14(19)8-20-15/h2-6,8,16-17H,7,9-12H2,1H3. The molecule has 24 heavy (non-hydrogen) atoms. The molecular formula is C18H21BrN4O. The summed E-state index contributed by atoms with van der Waals surface area (Å²) in [6.07, 6.45) is 4.95. The molecule has 2 aliphatic rings. The van der Waals surface area contributed by atoms with Crippen LogP contribution in [0.1, 0.15) is 17.7 Å². The zero-order valence-electron chi connectivity index (χ0n) is 13.7. The monoisotopic (exact) mass is 388 g/mol. The zero-order chi connectivity index (χ0) is 16.7. The first kappa shape index (κ1) is 16.0. The van der Waals surface area contributed by atoms with Gasteiger partial charge in [-0.3, -0.25) is 19.6 Å². The fourth-order valence-electron chi connectivity index (χ4n) is 3.85. The topological polar surface area (TPSA) is 41.4 Å². The second kappa shape index (κ2) is 6.43. The number of pyridine rings is 2. The minimum Gasteiger partial charge on any atom is -0.319 e. The summed E-state index contributed by atoms with van der Waals surface area (Å²) < 4.78 is 2.64. The van der Waals surface area contributed by atoms with E-state index in [4.69, 9.17) is 0 Å². The molecule has 2 bridgehead atoms. The van der Waals surface area contributed by atoms with Gasteiger partial charge in [-0.05, 0) is 46.1 Å². The van der Waals surface area contributed by atoms with E-state index in [1.54, 1.807) is 17.7 Å². The molecule has 0 spiro atoms. The summed E-state index contributed by atoms with van der Waals surface area (Å²) in [5, 5.41) is 0. The maximum atomic E-state index is 11.8. The van der Waals surface area contributed by atoms with Gasteiger partial charge in [-0.15, -0.1) is 0 Å². The molecule has 2 aromatic rings. The van der Waals surface area contributed by atoms with Crippen molar-refractivity contribution in [3.8, 4) is 0 Å². The highest BCUT2D eigenvalue weighted by atomic mass is 79.9. The van der Waals surface area contributed by atoms with Gasteiger partial charge in [0.05, 0.1) is 5.69 Å². The van der Waals surface area contributed by atoms with Crippen molar-refractivity contribution in [2.75, 3.05) is 13.1 Å². The average Bonchev–Trinajstić information content (AvgIpc) is 3.13. The Kier molecular flexibility index (Phi) is 4.28. The van der Waals surface area contributed by atoms with Crippen LogP contribution in [0.4, 0.5) is 0 Å². The van der Waals surface area contributed by atoms with Crippen molar-refractivity contribution in [3.63, 3.8) is 0 Å². The maximum Gasteiger partial charge on any atom is 0.250 e. The van der Waals surface area contributed by atoms with Gasteiger partial charge in [0.25, 0.3) is 5.56 Å². The van der Waals surface area contributed by atoms with Gasteiger partial charge in [0.2, 0.25) is 0 Å². The van der Waals surface area contributed by atoms with E-state index in [9.17, 15) is 4.79 Å². The second-order valence-electron chi connectivity index (χ2n) is 6.85. The molecule has 0 saturated carbocycles. The van der Waals surface area contributed by atoms with Gasteiger partial charge >= 0.3 is 0 Å². The molecule has 0 radical (unpaired) electrons. The minimum atomic E-state index is 0.0693. The number of nitrogens with zero attached hydrogens (tertiary/aromatic N) is 4.